The molecule has 3 aromatic rings. The molecular formula is C21H24BrFN4S. The molecule has 0 aliphatic heterocycles. The first-order chi connectivity index (χ1) is 13.5. The van der Waals surface area contributed by atoms with E-state index in [9.17, 15) is 4.39 Å². The van der Waals surface area contributed by atoms with Crippen molar-refractivity contribution in [2.45, 2.75) is 36.8 Å². The lowest BCUT2D eigenvalue weighted by molar-refractivity contribution is 0.272. The van der Waals surface area contributed by atoms with E-state index in [0.717, 1.165) is 21.9 Å². The summed E-state index contributed by atoms with van der Waals surface area (Å²) in [6, 6.07) is 15.6. The number of hydrogen-bond acceptors (Lipinski definition) is 4. The van der Waals surface area contributed by atoms with E-state index in [2.05, 4.69) is 68.7 Å². The number of thioether (sulfide) groups is 1. The second-order valence-corrected chi connectivity index (χ2v) is 8.68. The van der Waals surface area contributed by atoms with Gasteiger partial charge in [-0.3, -0.25) is 4.90 Å². The Morgan fingerprint density at radius 2 is 1.89 bits per heavy atom. The Morgan fingerprint density at radius 3 is 2.54 bits per heavy atom. The Labute approximate surface area is 178 Å². The maximum absolute atomic E-state index is 14.2. The summed E-state index contributed by atoms with van der Waals surface area (Å²) in [6.07, 6.45) is 0.936. The molecule has 1 atom stereocenters. The van der Waals surface area contributed by atoms with Gasteiger partial charge in [-0.25, -0.2) is 4.39 Å². The van der Waals surface area contributed by atoms with E-state index in [1.165, 1.54) is 23.4 Å². The van der Waals surface area contributed by atoms with E-state index in [-0.39, 0.29) is 11.9 Å². The number of rotatable bonds is 8. The van der Waals surface area contributed by atoms with Crippen molar-refractivity contribution in [2.75, 3.05) is 14.1 Å². The van der Waals surface area contributed by atoms with Crippen molar-refractivity contribution in [1.29, 1.82) is 0 Å². The minimum absolute atomic E-state index is 0.176. The second-order valence-electron chi connectivity index (χ2n) is 6.82. The van der Waals surface area contributed by atoms with Crippen LogP contribution in [0.3, 0.4) is 0 Å². The number of nitrogens with zero attached hydrogens (tertiary/aromatic N) is 4. The van der Waals surface area contributed by atoms with Crippen molar-refractivity contribution in [3.8, 4) is 0 Å². The Hall–Kier alpha value is -1.70. The van der Waals surface area contributed by atoms with E-state index in [1.807, 2.05) is 24.3 Å². The third kappa shape index (κ3) is 5.01. The van der Waals surface area contributed by atoms with Gasteiger partial charge >= 0.3 is 0 Å². The van der Waals surface area contributed by atoms with Crippen LogP contribution in [0.4, 0.5) is 4.39 Å². The summed E-state index contributed by atoms with van der Waals surface area (Å²) >= 11 is 4.82. The molecular weight excluding hydrogens is 439 g/mol. The summed E-state index contributed by atoms with van der Waals surface area (Å²) in [6.45, 7) is 2.84. The average Bonchev–Trinajstić information content (AvgIpc) is 3.04. The normalized spacial score (nSPS) is 12.5. The van der Waals surface area contributed by atoms with Crippen LogP contribution < -0.4 is 0 Å². The van der Waals surface area contributed by atoms with Crippen molar-refractivity contribution in [2.24, 2.45) is 0 Å². The zero-order valence-electron chi connectivity index (χ0n) is 16.3. The van der Waals surface area contributed by atoms with E-state index in [0.29, 0.717) is 17.9 Å². The standard InChI is InChI=1S/C21H24BrFN4S/c1-4-19(26(2)3)20-24-25-21(27(20)13-15-8-6-5-7-9-15)28-14-16-10-11-17(22)12-18(16)23/h5-12,19H,4,13-14H2,1-3H3/t19-/m0/s1. The molecule has 0 N–H and O–H groups in total. The van der Waals surface area contributed by atoms with Gasteiger partial charge < -0.3 is 4.57 Å². The van der Waals surface area contributed by atoms with Crippen molar-refractivity contribution < 1.29 is 4.39 Å². The van der Waals surface area contributed by atoms with Crippen LogP contribution in [0.25, 0.3) is 0 Å². The van der Waals surface area contributed by atoms with Crippen LogP contribution in [0.5, 0.6) is 0 Å². The van der Waals surface area contributed by atoms with Gasteiger partial charge in [-0.05, 0) is 43.8 Å². The fourth-order valence-electron chi connectivity index (χ4n) is 3.13. The van der Waals surface area contributed by atoms with E-state index < -0.39 is 0 Å². The zero-order valence-corrected chi connectivity index (χ0v) is 18.7. The largest absolute Gasteiger partial charge is 0.300 e. The fourth-order valence-corrected chi connectivity index (χ4v) is 4.39. The summed E-state index contributed by atoms with van der Waals surface area (Å²) in [5.74, 6) is 1.23. The molecule has 1 heterocycles. The molecule has 0 saturated carbocycles. The first-order valence-electron chi connectivity index (χ1n) is 9.19. The highest BCUT2D eigenvalue weighted by molar-refractivity contribution is 9.10. The number of halogens is 2. The maximum Gasteiger partial charge on any atom is 0.191 e. The van der Waals surface area contributed by atoms with Crippen LogP contribution in [0, 0.1) is 5.82 Å². The molecule has 0 aliphatic rings. The summed E-state index contributed by atoms with van der Waals surface area (Å²) < 4.78 is 17.1. The van der Waals surface area contributed by atoms with Gasteiger partial charge in [0.05, 0.1) is 12.6 Å². The molecule has 148 valence electrons. The van der Waals surface area contributed by atoms with Gasteiger partial charge in [0, 0.05) is 10.2 Å². The summed E-state index contributed by atoms with van der Waals surface area (Å²) in [5.41, 5.74) is 1.84. The van der Waals surface area contributed by atoms with Gasteiger partial charge in [-0.15, -0.1) is 10.2 Å². The minimum atomic E-state index is -0.212. The highest BCUT2D eigenvalue weighted by Crippen LogP contribution is 2.29. The predicted molar refractivity (Wildman–Crippen MR) is 116 cm³/mol. The third-order valence-electron chi connectivity index (χ3n) is 4.61. The van der Waals surface area contributed by atoms with Crippen LogP contribution in [-0.4, -0.2) is 33.8 Å². The number of benzene rings is 2. The van der Waals surface area contributed by atoms with Crippen LogP contribution in [0.2, 0.25) is 0 Å². The molecule has 0 aliphatic carbocycles. The smallest absolute Gasteiger partial charge is 0.191 e. The first-order valence-corrected chi connectivity index (χ1v) is 11.0. The van der Waals surface area contributed by atoms with Gasteiger partial charge in [0.1, 0.15) is 5.82 Å². The minimum Gasteiger partial charge on any atom is -0.300 e. The average molecular weight is 463 g/mol. The van der Waals surface area contributed by atoms with E-state index in [4.69, 9.17) is 0 Å². The molecule has 0 radical (unpaired) electrons. The highest BCUT2D eigenvalue weighted by atomic mass is 79.9. The van der Waals surface area contributed by atoms with Crippen LogP contribution in [0.15, 0.2) is 58.2 Å². The first kappa shape index (κ1) is 21.0. The van der Waals surface area contributed by atoms with Crippen LogP contribution in [-0.2, 0) is 12.3 Å². The SMILES string of the molecule is CC[C@@H](c1nnc(SCc2ccc(Br)cc2F)n1Cc1ccccc1)N(C)C. The van der Waals surface area contributed by atoms with Gasteiger partial charge in [-0.2, -0.15) is 0 Å². The summed E-state index contributed by atoms with van der Waals surface area (Å²) in [7, 11) is 4.11. The molecule has 0 amide bonds. The summed E-state index contributed by atoms with van der Waals surface area (Å²) in [5, 5.41) is 9.75. The molecule has 0 unspecified atom stereocenters. The second kappa shape index (κ2) is 9.67. The zero-order chi connectivity index (χ0) is 20.1. The number of aromatic nitrogens is 3. The molecule has 0 bridgehead atoms. The molecule has 7 heteroatoms. The van der Waals surface area contributed by atoms with Crippen molar-refractivity contribution in [3.63, 3.8) is 0 Å². The lowest BCUT2D eigenvalue weighted by Crippen LogP contribution is -2.23. The third-order valence-corrected chi connectivity index (χ3v) is 6.12. The Kier molecular flexibility index (Phi) is 7.26. The Bertz CT molecular complexity index is 914. The van der Waals surface area contributed by atoms with E-state index >= 15 is 0 Å². The molecule has 1 aromatic heterocycles. The molecule has 3 rings (SSSR count). The van der Waals surface area contributed by atoms with Gasteiger partial charge in [0.2, 0.25) is 0 Å². The highest BCUT2D eigenvalue weighted by Gasteiger charge is 2.22. The Morgan fingerprint density at radius 1 is 1.14 bits per heavy atom. The summed E-state index contributed by atoms with van der Waals surface area (Å²) in [4.78, 5) is 2.16. The topological polar surface area (TPSA) is 34.0 Å². The molecule has 0 saturated heterocycles. The fraction of sp³-hybridized carbons (Fsp3) is 0.333. The molecule has 4 nitrogen and oxygen atoms in total. The maximum atomic E-state index is 14.2. The van der Waals surface area contributed by atoms with Crippen molar-refractivity contribution in [1.82, 2.24) is 19.7 Å². The van der Waals surface area contributed by atoms with Gasteiger partial charge in [-0.1, -0.05) is 71.0 Å². The molecule has 0 fully saturated rings. The van der Waals surface area contributed by atoms with Gasteiger partial charge in [0.15, 0.2) is 11.0 Å². The Balaban J connectivity index is 1.90. The van der Waals surface area contributed by atoms with Crippen LogP contribution in [0.1, 0.15) is 36.3 Å². The number of hydrogen-bond donors (Lipinski definition) is 0. The lowest BCUT2D eigenvalue weighted by Gasteiger charge is -2.23. The predicted octanol–water partition coefficient (Wildman–Crippen LogP) is 5.53. The lowest BCUT2D eigenvalue weighted by atomic mass is 10.2. The monoisotopic (exact) mass is 462 g/mol. The quantitative estimate of drug-likeness (QED) is 0.412. The molecule has 2 aromatic carbocycles. The van der Waals surface area contributed by atoms with E-state index in [1.54, 1.807) is 6.07 Å². The van der Waals surface area contributed by atoms with Crippen LogP contribution >= 0.6 is 27.7 Å². The van der Waals surface area contributed by atoms with Crippen molar-refractivity contribution in [3.05, 3.63) is 75.8 Å². The van der Waals surface area contributed by atoms with Crippen molar-refractivity contribution >= 4 is 27.7 Å². The van der Waals surface area contributed by atoms with Gasteiger partial charge in [0.25, 0.3) is 0 Å². The molecule has 28 heavy (non-hydrogen) atoms. The molecule has 0 spiro atoms.